The number of halogens is 2. The van der Waals surface area contributed by atoms with E-state index in [2.05, 4.69) is 21.2 Å². The average Bonchev–Trinajstić information content (AvgIpc) is 2.38. The SMILES string of the molecule is COc1cc(Cl)ccc1C(=O)Nc1cccc(Br)c1. The van der Waals surface area contributed by atoms with Crippen LogP contribution >= 0.6 is 27.5 Å². The molecule has 1 amide bonds. The van der Waals surface area contributed by atoms with Gasteiger partial charge in [0.2, 0.25) is 0 Å². The quantitative estimate of drug-likeness (QED) is 0.901. The lowest BCUT2D eigenvalue weighted by atomic mass is 10.2. The molecule has 0 saturated heterocycles. The van der Waals surface area contributed by atoms with Crippen LogP contribution in [0.5, 0.6) is 5.75 Å². The van der Waals surface area contributed by atoms with Crippen molar-refractivity contribution in [2.45, 2.75) is 0 Å². The summed E-state index contributed by atoms with van der Waals surface area (Å²) in [5.74, 6) is 0.201. The third kappa shape index (κ3) is 3.49. The maximum Gasteiger partial charge on any atom is 0.259 e. The van der Waals surface area contributed by atoms with E-state index in [1.165, 1.54) is 7.11 Å². The maximum absolute atomic E-state index is 12.2. The van der Waals surface area contributed by atoms with Crippen molar-refractivity contribution < 1.29 is 9.53 Å². The first-order valence-electron chi connectivity index (χ1n) is 5.50. The minimum atomic E-state index is -0.244. The smallest absolute Gasteiger partial charge is 0.259 e. The molecule has 1 N–H and O–H groups in total. The highest BCUT2D eigenvalue weighted by Crippen LogP contribution is 2.24. The standard InChI is InChI=1S/C14H11BrClNO2/c1-19-13-8-10(16)5-6-12(13)14(18)17-11-4-2-3-9(15)7-11/h2-8H,1H3,(H,17,18). The second kappa shape index (κ2) is 6.08. The average molecular weight is 341 g/mol. The summed E-state index contributed by atoms with van der Waals surface area (Å²) in [5, 5.41) is 3.33. The van der Waals surface area contributed by atoms with Gasteiger partial charge in [-0.1, -0.05) is 33.6 Å². The predicted molar refractivity (Wildman–Crippen MR) is 80.1 cm³/mol. The van der Waals surface area contributed by atoms with Crippen LogP contribution in [-0.4, -0.2) is 13.0 Å². The third-order valence-corrected chi connectivity index (χ3v) is 3.22. The summed E-state index contributed by atoms with van der Waals surface area (Å²) >= 11 is 9.22. The van der Waals surface area contributed by atoms with Gasteiger partial charge in [-0.3, -0.25) is 4.79 Å². The summed E-state index contributed by atoms with van der Waals surface area (Å²) in [6.07, 6.45) is 0. The van der Waals surface area contributed by atoms with Crippen LogP contribution in [0, 0.1) is 0 Å². The number of benzene rings is 2. The van der Waals surface area contributed by atoms with Gasteiger partial charge >= 0.3 is 0 Å². The maximum atomic E-state index is 12.2. The lowest BCUT2D eigenvalue weighted by molar-refractivity contribution is 0.102. The molecule has 2 aromatic carbocycles. The molecule has 0 spiro atoms. The molecule has 0 aliphatic carbocycles. The molecule has 0 aromatic heterocycles. The first-order valence-corrected chi connectivity index (χ1v) is 6.67. The van der Waals surface area contributed by atoms with Crippen molar-refractivity contribution in [1.82, 2.24) is 0 Å². The summed E-state index contributed by atoms with van der Waals surface area (Å²) in [7, 11) is 1.50. The highest BCUT2D eigenvalue weighted by atomic mass is 79.9. The van der Waals surface area contributed by atoms with Gasteiger partial charge in [-0.15, -0.1) is 0 Å². The van der Waals surface area contributed by atoms with E-state index in [0.29, 0.717) is 22.0 Å². The van der Waals surface area contributed by atoms with Crippen LogP contribution in [0.3, 0.4) is 0 Å². The number of carbonyl (C=O) groups is 1. The third-order valence-electron chi connectivity index (χ3n) is 2.49. The largest absolute Gasteiger partial charge is 0.496 e. The van der Waals surface area contributed by atoms with Crippen molar-refractivity contribution in [3.8, 4) is 5.75 Å². The molecule has 0 heterocycles. The Labute approximate surface area is 124 Å². The molecule has 2 aromatic rings. The zero-order valence-corrected chi connectivity index (χ0v) is 12.5. The first kappa shape index (κ1) is 13.9. The highest BCUT2D eigenvalue weighted by Gasteiger charge is 2.12. The van der Waals surface area contributed by atoms with E-state index in [1.54, 1.807) is 18.2 Å². The number of carbonyl (C=O) groups excluding carboxylic acids is 1. The molecule has 0 aliphatic rings. The van der Waals surface area contributed by atoms with Crippen LogP contribution in [-0.2, 0) is 0 Å². The van der Waals surface area contributed by atoms with Crippen molar-refractivity contribution >= 4 is 39.1 Å². The molecule has 19 heavy (non-hydrogen) atoms. The molecule has 0 saturated carbocycles. The van der Waals surface area contributed by atoms with Crippen molar-refractivity contribution in [2.75, 3.05) is 12.4 Å². The van der Waals surface area contributed by atoms with Crippen molar-refractivity contribution in [2.24, 2.45) is 0 Å². The lowest BCUT2D eigenvalue weighted by Crippen LogP contribution is -2.13. The normalized spacial score (nSPS) is 10.1. The fourth-order valence-corrected chi connectivity index (χ4v) is 2.18. The number of anilines is 1. The van der Waals surface area contributed by atoms with Gasteiger partial charge in [0.1, 0.15) is 5.75 Å². The molecule has 5 heteroatoms. The van der Waals surface area contributed by atoms with Crippen molar-refractivity contribution in [1.29, 1.82) is 0 Å². The van der Waals surface area contributed by atoms with Gasteiger partial charge in [-0.25, -0.2) is 0 Å². The molecule has 2 rings (SSSR count). The minimum Gasteiger partial charge on any atom is -0.496 e. The number of amides is 1. The van der Waals surface area contributed by atoms with Gasteiger partial charge in [0.05, 0.1) is 12.7 Å². The van der Waals surface area contributed by atoms with Gasteiger partial charge in [-0.05, 0) is 36.4 Å². The van der Waals surface area contributed by atoms with Crippen LogP contribution in [0.4, 0.5) is 5.69 Å². The monoisotopic (exact) mass is 339 g/mol. The molecular weight excluding hydrogens is 330 g/mol. The fourth-order valence-electron chi connectivity index (χ4n) is 1.62. The highest BCUT2D eigenvalue weighted by molar-refractivity contribution is 9.10. The number of nitrogens with one attached hydrogen (secondary N) is 1. The van der Waals surface area contributed by atoms with E-state index in [-0.39, 0.29) is 5.91 Å². The number of rotatable bonds is 3. The lowest BCUT2D eigenvalue weighted by Gasteiger charge is -2.09. The summed E-state index contributed by atoms with van der Waals surface area (Å²) in [6.45, 7) is 0. The van der Waals surface area contributed by atoms with E-state index in [0.717, 1.165) is 4.47 Å². The van der Waals surface area contributed by atoms with E-state index >= 15 is 0 Å². The second-order valence-corrected chi connectivity index (χ2v) is 5.16. The predicted octanol–water partition coefficient (Wildman–Crippen LogP) is 4.36. The first-order chi connectivity index (χ1) is 9.10. The van der Waals surface area contributed by atoms with Gasteiger partial charge in [0.15, 0.2) is 0 Å². The molecule has 3 nitrogen and oxygen atoms in total. The van der Waals surface area contributed by atoms with Gasteiger partial charge in [0.25, 0.3) is 5.91 Å². The Balaban J connectivity index is 2.25. The van der Waals surface area contributed by atoms with Crippen LogP contribution in [0.1, 0.15) is 10.4 Å². The molecule has 0 aliphatic heterocycles. The van der Waals surface area contributed by atoms with Gasteiger partial charge in [-0.2, -0.15) is 0 Å². The van der Waals surface area contributed by atoms with Crippen molar-refractivity contribution in [3.63, 3.8) is 0 Å². The zero-order valence-electron chi connectivity index (χ0n) is 10.1. The van der Waals surface area contributed by atoms with E-state index < -0.39 is 0 Å². The fraction of sp³-hybridized carbons (Fsp3) is 0.0714. The molecule has 0 radical (unpaired) electrons. The molecule has 0 fully saturated rings. The molecular formula is C14H11BrClNO2. The Morgan fingerprint density at radius 3 is 2.74 bits per heavy atom. The molecule has 0 bridgehead atoms. The second-order valence-electron chi connectivity index (χ2n) is 3.81. The van der Waals surface area contributed by atoms with E-state index in [1.807, 2.05) is 24.3 Å². The molecule has 0 unspecified atom stereocenters. The van der Waals surface area contributed by atoms with Crippen LogP contribution < -0.4 is 10.1 Å². The van der Waals surface area contributed by atoms with E-state index in [9.17, 15) is 4.79 Å². The number of hydrogen-bond acceptors (Lipinski definition) is 2. The topological polar surface area (TPSA) is 38.3 Å². The summed E-state index contributed by atoms with van der Waals surface area (Å²) in [6, 6.07) is 12.3. The summed E-state index contributed by atoms with van der Waals surface area (Å²) in [5.41, 5.74) is 1.14. The van der Waals surface area contributed by atoms with E-state index in [4.69, 9.17) is 16.3 Å². The van der Waals surface area contributed by atoms with Gasteiger partial charge in [0, 0.05) is 15.2 Å². The number of ether oxygens (including phenoxy) is 1. The Morgan fingerprint density at radius 2 is 2.05 bits per heavy atom. The molecule has 0 atom stereocenters. The Morgan fingerprint density at radius 1 is 1.26 bits per heavy atom. The Hall–Kier alpha value is -1.52. The van der Waals surface area contributed by atoms with Crippen LogP contribution in [0.15, 0.2) is 46.9 Å². The summed E-state index contributed by atoms with van der Waals surface area (Å²) in [4.78, 5) is 12.2. The summed E-state index contributed by atoms with van der Waals surface area (Å²) < 4.78 is 6.05. The van der Waals surface area contributed by atoms with Crippen molar-refractivity contribution in [3.05, 3.63) is 57.5 Å². The minimum absolute atomic E-state index is 0.244. The Kier molecular flexibility index (Phi) is 4.45. The van der Waals surface area contributed by atoms with Gasteiger partial charge < -0.3 is 10.1 Å². The molecule has 98 valence electrons. The number of methoxy groups -OCH3 is 1. The zero-order chi connectivity index (χ0) is 13.8. The number of hydrogen-bond donors (Lipinski definition) is 1. The Bertz CT molecular complexity index is 616. The van der Waals surface area contributed by atoms with Crippen LogP contribution in [0.25, 0.3) is 0 Å². The van der Waals surface area contributed by atoms with Crippen LogP contribution in [0.2, 0.25) is 5.02 Å².